The van der Waals surface area contributed by atoms with Gasteiger partial charge in [0.1, 0.15) is 0 Å². The highest BCUT2D eigenvalue weighted by Gasteiger charge is 2.10. The van der Waals surface area contributed by atoms with Gasteiger partial charge in [-0.1, -0.05) is 48.0 Å². The number of fused-ring (bicyclic) bond motifs is 1. The summed E-state index contributed by atoms with van der Waals surface area (Å²) < 4.78 is 0. The van der Waals surface area contributed by atoms with Gasteiger partial charge < -0.3 is 10.6 Å². The first kappa shape index (κ1) is 21.5. The summed E-state index contributed by atoms with van der Waals surface area (Å²) in [7, 11) is 0. The molecular formula is C25H18ClN3O2S. The number of halogens is 1. The summed E-state index contributed by atoms with van der Waals surface area (Å²) in [5.74, 6) is -0.551. The van der Waals surface area contributed by atoms with Crippen molar-refractivity contribution < 1.29 is 9.59 Å². The molecule has 0 unspecified atom stereocenters. The van der Waals surface area contributed by atoms with Gasteiger partial charge >= 0.3 is 0 Å². The second-order valence-corrected chi connectivity index (χ2v) is 7.86. The lowest BCUT2D eigenvalue weighted by Gasteiger charge is -2.11. The van der Waals surface area contributed by atoms with E-state index in [1.165, 1.54) is 0 Å². The quantitative estimate of drug-likeness (QED) is 0.334. The molecule has 4 rings (SSSR count). The van der Waals surface area contributed by atoms with E-state index in [0.717, 1.165) is 10.8 Å². The van der Waals surface area contributed by atoms with Gasteiger partial charge in [-0.25, -0.2) is 0 Å². The van der Waals surface area contributed by atoms with E-state index in [4.69, 9.17) is 23.8 Å². The Labute approximate surface area is 195 Å². The fourth-order valence-corrected chi connectivity index (χ4v) is 3.54. The number of nitrogens with one attached hydrogen (secondary N) is 3. The van der Waals surface area contributed by atoms with Gasteiger partial charge in [0, 0.05) is 27.5 Å². The Morgan fingerprint density at radius 2 is 1.31 bits per heavy atom. The molecule has 0 aromatic heterocycles. The number of carbonyl (C=O) groups excluding carboxylic acids is 2. The number of thiocarbonyl (C=S) groups is 1. The van der Waals surface area contributed by atoms with Crippen LogP contribution < -0.4 is 16.0 Å². The highest BCUT2D eigenvalue weighted by molar-refractivity contribution is 7.80. The van der Waals surface area contributed by atoms with Gasteiger partial charge in [-0.2, -0.15) is 0 Å². The second kappa shape index (κ2) is 9.60. The first-order valence-corrected chi connectivity index (χ1v) is 10.5. The zero-order chi connectivity index (χ0) is 22.5. The van der Waals surface area contributed by atoms with Gasteiger partial charge in [-0.05, 0) is 77.6 Å². The molecule has 32 heavy (non-hydrogen) atoms. The maximum absolute atomic E-state index is 12.5. The van der Waals surface area contributed by atoms with Crippen molar-refractivity contribution in [3.63, 3.8) is 0 Å². The molecule has 0 spiro atoms. The zero-order valence-electron chi connectivity index (χ0n) is 16.8. The normalized spacial score (nSPS) is 10.4. The van der Waals surface area contributed by atoms with Crippen LogP contribution in [0.3, 0.4) is 0 Å². The van der Waals surface area contributed by atoms with E-state index in [0.29, 0.717) is 27.5 Å². The highest BCUT2D eigenvalue weighted by atomic mass is 35.5. The summed E-state index contributed by atoms with van der Waals surface area (Å²) in [6.45, 7) is 0. The molecule has 0 heterocycles. The molecule has 0 bridgehead atoms. The molecule has 0 radical (unpaired) electrons. The molecule has 0 saturated heterocycles. The van der Waals surface area contributed by atoms with E-state index in [2.05, 4.69) is 16.0 Å². The largest absolute Gasteiger partial charge is 0.332 e. The van der Waals surface area contributed by atoms with Crippen LogP contribution in [0.2, 0.25) is 5.02 Å². The van der Waals surface area contributed by atoms with E-state index >= 15 is 0 Å². The van der Waals surface area contributed by atoms with Gasteiger partial charge in [0.2, 0.25) is 0 Å². The van der Waals surface area contributed by atoms with E-state index < -0.39 is 0 Å². The molecule has 2 amide bonds. The lowest BCUT2D eigenvalue weighted by molar-refractivity contribution is 0.0976. The predicted molar refractivity (Wildman–Crippen MR) is 133 cm³/mol. The molecular weight excluding hydrogens is 442 g/mol. The molecule has 5 nitrogen and oxygen atoms in total. The second-order valence-electron chi connectivity index (χ2n) is 7.01. The highest BCUT2D eigenvalue weighted by Crippen LogP contribution is 2.17. The van der Waals surface area contributed by atoms with Crippen molar-refractivity contribution in [2.75, 3.05) is 10.6 Å². The molecule has 0 aliphatic rings. The first-order chi connectivity index (χ1) is 15.5. The summed E-state index contributed by atoms with van der Waals surface area (Å²) >= 11 is 11.2. The zero-order valence-corrected chi connectivity index (χ0v) is 18.3. The van der Waals surface area contributed by atoms with Crippen LogP contribution in [0.5, 0.6) is 0 Å². The molecule has 7 heteroatoms. The van der Waals surface area contributed by atoms with Crippen LogP contribution in [0.15, 0.2) is 91.0 Å². The number of hydrogen-bond acceptors (Lipinski definition) is 3. The maximum atomic E-state index is 12.5. The molecule has 0 aliphatic heterocycles. The summed E-state index contributed by atoms with van der Waals surface area (Å²) in [6.07, 6.45) is 0. The third-order valence-electron chi connectivity index (χ3n) is 4.73. The fraction of sp³-hybridized carbons (Fsp3) is 0. The van der Waals surface area contributed by atoms with Crippen molar-refractivity contribution in [1.29, 1.82) is 0 Å². The summed E-state index contributed by atoms with van der Waals surface area (Å²) in [6, 6.07) is 27.0. The molecule has 0 aliphatic carbocycles. The number of hydrogen-bond donors (Lipinski definition) is 3. The maximum Gasteiger partial charge on any atom is 0.257 e. The predicted octanol–water partition coefficient (Wildman–Crippen LogP) is 5.87. The number of carbonyl (C=O) groups is 2. The lowest BCUT2D eigenvalue weighted by atomic mass is 10.1. The third-order valence-corrected chi connectivity index (χ3v) is 5.17. The fourth-order valence-electron chi connectivity index (χ4n) is 3.14. The average molecular weight is 460 g/mol. The van der Waals surface area contributed by atoms with Gasteiger partial charge in [0.15, 0.2) is 5.11 Å². The minimum absolute atomic E-state index is 0.180. The van der Waals surface area contributed by atoms with Crippen molar-refractivity contribution in [2.24, 2.45) is 0 Å². The Kier molecular flexibility index (Phi) is 6.44. The number of anilines is 2. The Balaban J connectivity index is 1.34. The number of amides is 2. The van der Waals surface area contributed by atoms with Gasteiger partial charge in [-0.15, -0.1) is 0 Å². The molecule has 0 atom stereocenters. The van der Waals surface area contributed by atoms with Crippen molar-refractivity contribution >= 4 is 62.9 Å². The summed E-state index contributed by atoms with van der Waals surface area (Å²) in [5.41, 5.74) is 2.28. The topological polar surface area (TPSA) is 70.2 Å². The van der Waals surface area contributed by atoms with Gasteiger partial charge in [0.25, 0.3) is 11.8 Å². The monoisotopic (exact) mass is 459 g/mol. The van der Waals surface area contributed by atoms with E-state index in [-0.39, 0.29) is 16.9 Å². The summed E-state index contributed by atoms with van der Waals surface area (Å²) in [4.78, 5) is 24.8. The minimum atomic E-state index is -0.293. The van der Waals surface area contributed by atoms with E-state index in [1.807, 2.05) is 36.4 Å². The number of benzene rings is 4. The lowest BCUT2D eigenvalue weighted by Crippen LogP contribution is -2.34. The van der Waals surface area contributed by atoms with Gasteiger partial charge in [0.05, 0.1) is 0 Å². The molecule has 4 aromatic carbocycles. The Morgan fingerprint density at radius 1 is 0.656 bits per heavy atom. The molecule has 158 valence electrons. The third kappa shape index (κ3) is 5.29. The summed E-state index contributed by atoms with van der Waals surface area (Å²) in [5, 5.41) is 11.2. The van der Waals surface area contributed by atoms with Crippen molar-refractivity contribution in [2.45, 2.75) is 0 Å². The number of rotatable bonds is 4. The molecule has 0 fully saturated rings. The van der Waals surface area contributed by atoms with Crippen molar-refractivity contribution in [3.05, 3.63) is 107 Å². The van der Waals surface area contributed by atoms with Gasteiger partial charge in [-0.3, -0.25) is 14.9 Å². The van der Waals surface area contributed by atoms with Crippen molar-refractivity contribution in [1.82, 2.24) is 5.32 Å². The van der Waals surface area contributed by atoms with E-state index in [1.54, 1.807) is 54.6 Å². The van der Waals surface area contributed by atoms with Crippen LogP contribution in [-0.4, -0.2) is 16.9 Å². The Hall–Kier alpha value is -3.74. The SMILES string of the molecule is O=C(NC(=S)Nc1ccc(NC(=O)c2cccc(Cl)c2)cc1)c1ccc2ccccc2c1. The smallest absolute Gasteiger partial charge is 0.257 e. The standard InChI is InChI=1S/C25H18ClN3O2S/c26-20-7-3-6-18(15-20)23(30)27-21-10-12-22(13-11-21)28-25(32)29-24(31)19-9-8-16-4-1-2-5-17(16)14-19/h1-15H,(H,27,30)(H2,28,29,31,32). The Morgan fingerprint density at radius 3 is 2.03 bits per heavy atom. The molecule has 4 aromatic rings. The van der Waals surface area contributed by atoms with Crippen LogP contribution >= 0.6 is 23.8 Å². The Bertz CT molecular complexity index is 1320. The molecule has 3 N–H and O–H groups in total. The molecule has 0 saturated carbocycles. The van der Waals surface area contributed by atoms with E-state index in [9.17, 15) is 9.59 Å². The van der Waals surface area contributed by atoms with Crippen LogP contribution in [0.1, 0.15) is 20.7 Å². The average Bonchev–Trinajstić information content (AvgIpc) is 2.80. The van der Waals surface area contributed by atoms with Crippen LogP contribution in [0.4, 0.5) is 11.4 Å². The van der Waals surface area contributed by atoms with Crippen LogP contribution in [0, 0.1) is 0 Å². The minimum Gasteiger partial charge on any atom is -0.332 e. The van der Waals surface area contributed by atoms with Crippen molar-refractivity contribution in [3.8, 4) is 0 Å². The van der Waals surface area contributed by atoms with Crippen LogP contribution in [0.25, 0.3) is 10.8 Å². The first-order valence-electron chi connectivity index (χ1n) is 9.76. The van der Waals surface area contributed by atoms with Crippen LogP contribution in [-0.2, 0) is 0 Å².